The average molecular weight is 344 g/mol. The number of carbonyl (C=O) groups is 3. The molecule has 2 rings (SSSR count). The first-order valence-electron chi connectivity index (χ1n) is 7.43. The molecule has 2 fully saturated rings. The summed E-state index contributed by atoms with van der Waals surface area (Å²) in [6.07, 6.45) is 0. The molecule has 0 radical (unpaired) electrons. The molecule has 1 N–H and O–H groups in total. The number of esters is 1. The number of amides is 2. The van der Waals surface area contributed by atoms with Crippen molar-refractivity contribution >= 4 is 29.5 Å². The lowest BCUT2D eigenvalue weighted by Gasteiger charge is -2.51. The second kappa shape index (κ2) is 5.37. The number of thioether (sulfide) groups is 1. The number of fused-ring (bicyclic) bond motifs is 1. The van der Waals surface area contributed by atoms with Crippen molar-refractivity contribution in [1.29, 1.82) is 0 Å². The predicted octanol–water partition coefficient (Wildman–Crippen LogP) is 0.869. The second-order valence-corrected chi connectivity index (χ2v) is 9.08. The van der Waals surface area contributed by atoms with Gasteiger partial charge in [-0.25, -0.2) is 4.79 Å². The minimum atomic E-state index is -1.41. The topological polar surface area (TPSA) is 84.9 Å². The molecule has 0 aromatic carbocycles. The number of β-lactam (4-membered cyclic amide) rings is 1. The second-order valence-electron chi connectivity index (χ2n) is 7.34. The fourth-order valence-electron chi connectivity index (χ4n) is 2.98. The lowest BCUT2D eigenvalue weighted by Crippen LogP contribution is -2.80. The molecule has 2 heterocycles. The molecule has 3 atom stereocenters. The summed E-state index contributed by atoms with van der Waals surface area (Å²) < 4.78 is 10.2. The van der Waals surface area contributed by atoms with E-state index in [-0.39, 0.29) is 5.91 Å². The van der Waals surface area contributed by atoms with Gasteiger partial charge in [-0.1, -0.05) is 0 Å². The van der Waals surface area contributed by atoms with Crippen molar-refractivity contribution < 1.29 is 23.9 Å². The summed E-state index contributed by atoms with van der Waals surface area (Å²) in [6.45, 7) is 10.4. The molecule has 2 saturated heterocycles. The largest absolute Gasteiger partial charge is 0.458 e. The first-order chi connectivity index (χ1) is 10.4. The van der Waals surface area contributed by atoms with Crippen LogP contribution in [-0.4, -0.2) is 57.3 Å². The summed E-state index contributed by atoms with van der Waals surface area (Å²) in [7, 11) is 1.37. The van der Waals surface area contributed by atoms with Crippen molar-refractivity contribution in [1.82, 2.24) is 10.2 Å². The van der Waals surface area contributed by atoms with Gasteiger partial charge in [0.2, 0.25) is 5.91 Å². The van der Waals surface area contributed by atoms with Gasteiger partial charge in [-0.2, -0.15) is 0 Å². The molecule has 2 aliphatic rings. The first kappa shape index (κ1) is 18.1. The van der Waals surface area contributed by atoms with Crippen LogP contribution >= 0.6 is 11.8 Å². The molecular weight excluding hydrogens is 320 g/mol. The Hall–Kier alpha value is -1.28. The summed E-state index contributed by atoms with van der Waals surface area (Å²) in [4.78, 5) is 38.1. The quantitative estimate of drug-likeness (QED) is 0.465. The van der Waals surface area contributed by atoms with Crippen LogP contribution in [0.4, 0.5) is 0 Å². The van der Waals surface area contributed by atoms with Crippen molar-refractivity contribution in [2.75, 3.05) is 7.11 Å². The molecule has 2 aliphatic heterocycles. The third kappa shape index (κ3) is 2.82. The number of carbonyl (C=O) groups excluding carboxylic acids is 3. The predicted molar refractivity (Wildman–Crippen MR) is 85.5 cm³/mol. The molecule has 0 saturated carbocycles. The van der Waals surface area contributed by atoms with E-state index in [0.29, 0.717) is 0 Å². The molecule has 1 unspecified atom stereocenters. The zero-order valence-electron chi connectivity index (χ0n) is 14.6. The minimum Gasteiger partial charge on any atom is -0.458 e. The van der Waals surface area contributed by atoms with Crippen molar-refractivity contribution in [2.24, 2.45) is 0 Å². The van der Waals surface area contributed by atoms with Gasteiger partial charge in [0.05, 0.1) is 0 Å². The number of ether oxygens (including phenoxy) is 2. The molecular formula is C15H24N2O5S. The minimum absolute atomic E-state index is 0.362. The third-order valence-corrected chi connectivity index (χ3v) is 5.43. The molecule has 7 nitrogen and oxygen atoms in total. The van der Waals surface area contributed by atoms with Crippen molar-refractivity contribution in [3.8, 4) is 0 Å². The van der Waals surface area contributed by atoms with Crippen LogP contribution in [0.5, 0.6) is 0 Å². The SMILES string of the molecule is COC1(NC(C)=O)C(=O)N2[C@@H](C(=O)OC(C)(C)C)C(C)(C)S[C@@H]21. The molecule has 0 aromatic heterocycles. The highest BCUT2D eigenvalue weighted by atomic mass is 32.2. The maximum absolute atomic E-state index is 12.7. The van der Waals surface area contributed by atoms with Crippen LogP contribution in [0.3, 0.4) is 0 Å². The Morgan fingerprint density at radius 2 is 1.87 bits per heavy atom. The highest BCUT2D eigenvalue weighted by Crippen LogP contribution is 2.55. The van der Waals surface area contributed by atoms with Crippen LogP contribution in [0.15, 0.2) is 0 Å². The van der Waals surface area contributed by atoms with E-state index in [0.717, 1.165) is 0 Å². The molecule has 8 heteroatoms. The van der Waals surface area contributed by atoms with Crippen LogP contribution in [0, 0.1) is 0 Å². The monoisotopic (exact) mass is 344 g/mol. The Morgan fingerprint density at radius 1 is 1.30 bits per heavy atom. The smallest absolute Gasteiger partial charge is 0.330 e. The van der Waals surface area contributed by atoms with E-state index in [1.807, 2.05) is 13.8 Å². The maximum Gasteiger partial charge on any atom is 0.330 e. The van der Waals surface area contributed by atoms with Gasteiger partial charge in [0.1, 0.15) is 17.0 Å². The number of hydrogen-bond acceptors (Lipinski definition) is 6. The number of nitrogens with zero attached hydrogens (tertiary/aromatic N) is 1. The summed E-state index contributed by atoms with van der Waals surface area (Å²) in [5.41, 5.74) is -2.05. The summed E-state index contributed by atoms with van der Waals surface area (Å²) in [6, 6.07) is -0.721. The summed E-state index contributed by atoms with van der Waals surface area (Å²) in [5, 5.41) is 2.12. The molecule has 23 heavy (non-hydrogen) atoms. The fraction of sp³-hybridized carbons (Fsp3) is 0.800. The number of nitrogens with one attached hydrogen (secondary N) is 1. The van der Waals surface area contributed by atoms with Gasteiger partial charge in [-0.15, -0.1) is 11.8 Å². The molecule has 0 spiro atoms. The zero-order chi connectivity index (χ0) is 17.8. The van der Waals surface area contributed by atoms with Crippen LogP contribution < -0.4 is 5.32 Å². The van der Waals surface area contributed by atoms with Crippen molar-refractivity contribution in [2.45, 2.75) is 69.0 Å². The van der Waals surface area contributed by atoms with Crippen LogP contribution in [-0.2, 0) is 23.9 Å². The van der Waals surface area contributed by atoms with E-state index in [4.69, 9.17) is 9.47 Å². The Morgan fingerprint density at radius 3 is 2.30 bits per heavy atom. The molecule has 2 amide bonds. The number of hydrogen-bond donors (Lipinski definition) is 1. The van der Waals surface area contributed by atoms with E-state index in [1.165, 1.54) is 30.7 Å². The van der Waals surface area contributed by atoms with Crippen LogP contribution in [0.25, 0.3) is 0 Å². The van der Waals surface area contributed by atoms with Gasteiger partial charge < -0.3 is 19.7 Å². The third-order valence-electron chi connectivity index (χ3n) is 3.82. The highest BCUT2D eigenvalue weighted by molar-refractivity contribution is 8.01. The first-order valence-corrected chi connectivity index (χ1v) is 8.31. The standard InChI is InChI=1S/C15H24N2O5S/c1-8(18)16-15(21-7)11(20)17-9(10(19)22-13(2,3)4)14(5,6)23-12(15)17/h9,12H,1-7H3,(H,16,18)/t9-,12+,15?/m0/s1. The maximum atomic E-state index is 12.7. The van der Waals surface area contributed by atoms with Gasteiger partial charge in [-0.05, 0) is 34.6 Å². The average Bonchev–Trinajstić information content (AvgIpc) is 2.63. The highest BCUT2D eigenvalue weighted by Gasteiger charge is 2.73. The van der Waals surface area contributed by atoms with Crippen molar-refractivity contribution in [3.05, 3.63) is 0 Å². The molecule has 130 valence electrons. The zero-order valence-corrected chi connectivity index (χ0v) is 15.4. The lowest BCUT2D eigenvalue weighted by atomic mass is 9.93. The van der Waals surface area contributed by atoms with E-state index >= 15 is 0 Å². The molecule has 0 bridgehead atoms. The van der Waals surface area contributed by atoms with Gasteiger partial charge in [-0.3, -0.25) is 9.59 Å². The number of rotatable bonds is 3. The van der Waals surface area contributed by atoms with E-state index in [9.17, 15) is 14.4 Å². The molecule has 0 aliphatic carbocycles. The summed E-state index contributed by atoms with van der Waals surface area (Å²) in [5.74, 6) is -1.23. The van der Waals surface area contributed by atoms with Crippen LogP contribution in [0.1, 0.15) is 41.5 Å². The van der Waals surface area contributed by atoms with Crippen molar-refractivity contribution in [3.63, 3.8) is 0 Å². The Bertz CT molecular complexity index is 557. The Kier molecular flexibility index (Phi) is 4.22. The van der Waals surface area contributed by atoms with E-state index in [2.05, 4.69) is 5.32 Å². The normalized spacial score (nSPS) is 32.1. The Balaban J connectivity index is 2.31. The Labute approximate surface area is 140 Å². The summed E-state index contributed by atoms with van der Waals surface area (Å²) >= 11 is 1.42. The van der Waals surface area contributed by atoms with Gasteiger partial charge in [0.25, 0.3) is 11.6 Å². The van der Waals surface area contributed by atoms with E-state index < -0.39 is 39.4 Å². The van der Waals surface area contributed by atoms with Gasteiger partial charge >= 0.3 is 5.97 Å². The van der Waals surface area contributed by atoms with Crippen LogP contribution in [0.2, 0.25) is 0 Å². The fourth-order valence-corrected chi connectivity index (χ4v) is 4.65. The molecule has 0 aromatic rings. The van der Waals surface area contributed by atoms with Gasteiger partial charge in [0, 0.05) is 18.8 Å². The lowest BCUT2D eigenvalue weighted by molar-refractivity contribution is -0.203. The van der Waals surface area contributed by atoms with E-state index in [1.54, 1.807) is 20.8 Å². The number of methoxy groups -OCH3 is 1. The van der Waals surface area contributed by atoms with Gasteiger partial charge in [0.15, 0.2) is 0 Å².